The number of hydrogen-bond donors (Lipinski definition) is 1. The first kappa shape index (κ1) is 21.7. The first-order valence-corrected chi connectivity index (χ1v) is 12.5. The number of fused-ring (bicyclic) bond motifs is 5. The molecule has 0 radical (unpaired) electrons. The highest BCUT2D eigenvalue weighted by Crippen LogP contribution is 2.68. The third kappa shape index (κ3) is 3.68. The molecular weight excluding hydrogens is 360 g/mol. The highest BCUT2D eigenvalue weighted by atomic mass is 16.5. The summed E-state index contributed by atoms with van der Waals surface area (Å²) in [7, 11) is 1.50. The number of ether oxygens (including phenoxy) is 1. The van der Waals surface area contributed by atoms with Gasteiger partial charge in [-0.25, -0.2) is 0 Å². The fraction of sp³-hybridized carbons (Fsp3) is 0.962. The number of rotatable bonds is 5. The lowest BCUT2D eigenvalue weighted by Crippen LogP contribution is -2.54. The molecule has 0 heterocycles. The SMILES string of the molecule is COC(=O)CCC[C@@H](C)[C@H]1CC[C@H]2[C@@H]3CC[C@H]4C[C@@H](O)CC[C@]4(C)[C@H]3CC[C@]12C. The van der Waals surface area contributed by atoms with Gasteiger partial charge in [0.05, 0.1) is 13.2 Å². The van der Waals surface area contributed by atoms with Gasteiger partial charge in [-0.1, -0.05) is 20.8 Å². The Balaban J connectivity index is 1.44. The summed E-state index contributed by atoms with van der Waals surface area (Å²) in [5.41, 5.74) is 0.983. The Kier molecular flexibility index (Phi) is 6.10. The summed E-state index contributed by atoms with van der Waals surface area (Å²) >= 11 is 0. The smallest absolute Gasteiger partial charge is 0.305 e. The number of hydrogen-bond acceptors (Lipinski definition) is 3. The molecule has 0 saturated heterocycles. The summed E-state index contributed by atoms with van der Waals surface area (Å²) in [5.74, 6) is 4.94. The molecule has 0 bridgehead atoms. The van der Waals surface area contributed by atoms with Crippen molar-refractivity contribution in [2.45, 2.75) is 104 Å². The van der Waals surface area contributed by atoms with Crippen LogP contribution in [0.4, 0.5) is 0 Å². The van der Waals surface area contributed by atoms with Crippen molar-refractivity contribution < 1.29 is 14.6 Å². The van der Waals surface area contributed by atoms with E-state index >= 15 is 0 Å². The second kappa shape index (κ2) is 8.17. The van der Waals surface area contributed by atoms with Crippen LogP contribution in [0.2, 0.25) is 0 Å². The van der Waals surface area contributed by atoms with Crippen LogP contribution in [0.15, 0.2) is 0 Å². The molecule has 0 amide bonds. The molecule has 29 heavy (non-hydrogen) atoms. The first-order chi connectivity index (χ1) is 13.8. The fourth-order valence-corrected chi connectivity index (χ4v) is 9.08. The van der Waals surface area contributed by atoms with Gasteiger partial charge in [-0.3, -0.25) is 4.79 Å². The van der Waals surface area contributed by atoms with Gasteiger partial charge in [-0.2, -0.15) is 0 Å². The van der Waals surface area contributed by atoms with Crippen molar-refractivity contribution in [2.75, 3.05) is 7.11 Å². The Morgan fingerprint density at radius 3 is 2.52 bits per heavy atom. The van der Waals surface area contributed by atoms with Crippen LogP contribution in [-0.4, -0.2) is 24.3 Å². The van der Waals surface area contributed by atoms with E-state index in [1.54, 1.807) is 0 Å². The van der Waals surface area contributed by atoms with Gasteiger partial charge in [-0.05, 0) is 117 Å². The summed E-state index contributed by atoms with van der Waals surface area (Å²) in [4.78, 5) is 11.5. The van der Waals surface area contributed by atoms with E-state index in [0.29, 0.717) is 23.2 Å². The third-order valence-electron chi connectivity index (χ3n) is 10.7. The van der Waals surface area contributed by atoms with Gasteiger partial charge in [0.2, 0.25) is 0 Å². The highest BCUT2D eigenvalue weighted by molar-refractivity contribution is 5.68. The molecule has 0 unspecified atom stereocenters. The molecule has 4 aliphatic rings. The van der Waals surface area contributed by atoms with Crippen molar-refractivity contribution >= 4 is 5.97 Å². The second-order valence-corrected chi connectivity index (χ2v) is 11.8. The first-order valence-electron chi connectivity index (χ1n) is 12.5. The Hall–Kier alpha value is -0.570. The molecule has 0 aliphatic heterocycles. The minimum atomic E-state index is -0.0594. The molecule has 4 fully saturated rings. The van der Waals surface area contributed by atoms with E-state index in [1.807, 2.05) is 0 Å². The molecule has 1 N–H and O–H groups in total. The molecule has 4 rings (SSSR count). The molecule has 0 aromatic heterocycles. The number of carbonyl (C=O) groups excluding carboxylic acids is 1. The van der Waals surface area contributed by atoms with Crippen molar-refractivity contribution in [3.8, 4) is 0 Å². The van der Waals surface area contributed by atoms with Crippen LogP contribution in [0, 0.1) is 46.3 Å². The molecule has 3 heteroatoms. The highest BCUT2D eigenvalue weighted by Gasteiger charge is 2.60. The summed E-state index contributed by atoms with van der Waals surface area (Å²) < 4.78 is 4.83. The molecule has 0 aromatic rings. The van der Waals surface area contributed by atoms with E-state index in [1.165, 1.54) is 52.1 Å². The van der Waals surface area contributed by atoms with Crippen LogP contribution in [0.5, 0.6) is 0 Å². The zero-order valence-electron chi connectivity index (χ0n) is 19.3. The number of aliphatic hydroxyl groups is 1. The van der Waals surface area contributed by atoms with Crippen molar-refractivity contribution in [1.29, 1.82) is 0 Å². The maximum atomic E-state index is 11.5. The molecule has 4 aliphatic carbocycles. The summed E-state index contributed by atoms with van der Waals surface area (Å²) in [6.45, 7) is 7.66. The average Bonchev–Trinajstić information content (AvgIpc) is 3.05. The minimum Gasteiger partial charge on any atom is -0.469 e. The average molecular weight is 405 g/mol. The Morgan fingerprint density at radius 1 is 1.03 bits per heavy atom. The third-order valence-corrected chi connectivity index (χ3v) is 10.7. The summed E-state index contributed by atoms with van der Waals surface area (Å²) in [6, 6.07) is 0. The van der Waals surface area contributed by atoms with E-state index in [9.17, 15) is 9.90 Å². The van der Waals surface area contributed by atoms with Gasteiger partial charge < -0.3 is 9.84 Å². The monoisotopic (exact) mass is 404 g/mol. The van der Waals surface area contributed by atoms with Gasteiger partial charge >= 0.3 is 5.97 Å². The standard InChI is InChI=1S/C26H44O3/c1-17(6-5-7-24(28)29-4)21-10-11-22-20-9-8-18-16-19(27)12-14-25(18,2)23(20)13-15-26(21,22)3/h17-23,27H,5-16H2,1-4H3/t17-,18+,19+,20+,21-,22+,23+,25+,26-/m1/s1. The lowest BCUT2D eigenvalue weighted by atomic mass is 9.44. The Labute approximate surface area is 178 Å². The molecule has 9 atom stereocenters. The van der Waals surface area contributed by atoms with Crippen LogP contribution in [0.25, 0.3) is 0 Å². The minimum absolute atomic E-state index is 0.0415. The normalized spacial score (nSPS) is 47.6. The maximum absolute atomic E-state index is 11.5. The van der Waals surface area contributed by atoms with E-state index in [4.69, 9.17) is 4.74 Å². The molecule has 0 spiro atoms. The van der Waals surface area contributed by atoms with E-state index < -0.39 is 0 Å². The van der Waals surface area contributed by atoms with E-state index in [2.05, 4.69) is 20.8 Å². The molecule has 4 saturated carbocycles. The van der Waals surface area contributed by atoms with Gasteiger partial charge in [0, 0.05) is 6.42 Å². The van der Waals surface area contributed by atoms with Crippen LogP contribution in [-0.2, 0) is 9.53 Å². The number of carbonyl (C=O) groups is 1. The van der Waals surface area contributed by atoms with Crippen molar-refractivity contribution in [1.82, 2.24) is 0 Å². The number of aliphatic hydroxyl groups excluding tert-OH is 1. The lowest BCUT2D eigenvalue weighted by molar-refractivity contribution is -0.140. The molecule has 3 nitrogen and oxygen atoms in total. The van der Waals surface area contributed by atoms with E-state index in [-0.39, 0.29) is 12.1 Å². The van der Waals surface area contributed by atoms with Crippen LogP contribution in [0.1, 0.15) is 97.8 Å². The number of esters is 1. The summed E-state index contributed by atoms with van der Waals surface area (Å²) in [5, 5.41) is 10.2. The van der Waals surface area contributed by atoms with Crippen molar-refractivity contribution in [3.63, 3.8) is 0 Å². The van der Waals surface area contributed by atoms with Crippen LogP contribution < -0.4 is 0 Å². The predicted octanol–water partition coefficient (Wildman–Crippen LogP) is 5.99. The van der Waals surface area contributed by atoms with Gasteiger partial charge in [-0.15, -0.1) is 0 Å². The van der Waals surface area contributed by atoms with Gasteiger partial charge in [0.1, 0.15) is 0 Å². The fourth-order valence-electron chi connectivity index (χ4n) is 9.08. The summed E-state index contributed by atoms with van der Waals surface area (Å²) in [6.07, 6.45) is 14.4. The quantitative estimate of drug-likeness (QED) is 0.573. The lowest BCUT2D eigenvalue weighted by Gasteiger charge is -2.61. The molecule has 0 aromatic carbocycles. The molecule has 166 valence electrons. The molecular formula is C26H44O3. The largest absolute Gasteiger partial charge is 0.469 e. The number of methoxy groups -OCH3 is 1. The van der Waals surface area contributed by atoms with Gasteiger partial charge in [0.25, 0.3) is 0 Å². The predicted molar refractivity (Wildman–Crippen MR) is 116 cm³/mol. The maximum Gasteiger partial charge on any atom is 0.305 e. The second-order valence-electron chi connectivity index (χ2n) is 11.8. The van der Waals surface area contributed by atoms with Gasteiger partial charge in [0.15, 0.2) is 0 Å². The topological polar surface area (TPSA) is 46.5 Å². The zero-order valence-corrected chi connectivity index (χ0v) is 19.3. The Morgan fingerprint density at radius 2 is 1.76 bits per heavy atom. The van der Waals surface area contributed by atoms with Crippen molar-refractivity contribution in [2.24, 2.45) is 46.3 Å². The van der Waals surface area contributed by atoms with Crippen LogP contribution in [0.3, 0.4) is 0 Å². The van der Waals surface area contributed by atoms with Crippen molar-refractivity contribution in [3.05, 3.63) is 0 Å². The zero-order chi connectivity index (χ0) is 20.8. The van der Waals surface area contributed by atoms with Crippen LogP contribution >= 0.6 is 0 Å². The van der Waals surface area contributed by atoms with E-state index in [0.717, 1.165) is 55.3 Å². The Bertz CT molecular complexity index is 603.